The first-order valence-corrected chi connectivity index (χ1v) is 10.2. The number of aliphatic imine (C=N–C) groups is 1. The van der Waals surface area contributed by atoms with Crippen molar-refractivity contribution in [2.24, 2.45) is 4.99 Å². The Morgan fingerprint density at radius 1 is 1.18 bits per heavy atom. The lowest BCUT2D eigenvalue weighted by molar-refractivity contribution is -0.121. The van der Waals surface area contributed by atoms with Crippen LogP contribution in [0.1, 0.15) is 49.7 Å². The normalized spacial score (nSPS) is 16.5. The van der Waals surface area contributed by atoms with E-state index >= 15 is 0 Å². The van der Waals surface area contributed by atoms with Crippen molar-refractivity contribution >= 4 is 35.8 Å². The van der Waals surface area contributed by atoms with E-state index in [1.807, 2.05) is 0 Å². The molecule has 3 N–H and O–H groups in total. The average molecular weight is 500 g/mol. The van der Waals surface area contributed by atoms with Crippen LogP contribution < -0.4 is 20.7 Å². The van der Waals surface area contributed by atoms with E-state index < -0.39 is 0 Å². The topological polar surface area (TPSA) is 74.8 Å². The Morgan fingerprint density at radius 3 is 2.75 bits per heavy atom. The number of carbonyl (C=O) groups excluding carboxylic acids is 1. The van der Waals surface area contributed by atoms with Gasteiger partial charge >= 0.3 is 0 Å². The number of hydrogen-bond donors (Lipinski definition) is 3. The Bertz CT molecular complexity index is 660. The summed E-state index contributed by atoms with van der Waals surface area (Å²) in [6.45, 7) is 2.18. The zero-order valence-corrected chi connectivity index (χ0v) is 19.1. The lowest BCUT2D eigenvalue weighted by Gasteiger charge is -2.22. The molecular weight excluding hydrogens is 467 g/mol. The summed E-state index contributed by atoms with van der Waals surface area (Å²) in [6, 6.07) is 6.80. The number of nitrogens with zero attached hydrogens (tertiary/aromatic N) is 1. The molecule has 0 radical (unpaired) electrons. The van der Waals surface area contributed by atoms with Gasteiger partial charge in [-0.15, -0.1) is 24.0 Å². The molecule has 0 spiro atoms. The minimum absolute atomic E-state index is 0. The highest BCUT2D eigenvalue weighted by Gasteiger charge is 2.15. The highest BCUT2D eigenvalue weighted by Crippen LogP contribution is 2.25. The van der Waals surface area contributed by atoms with Crippen LogP contribution in [-0.2, 0) is 17.6 Å². The van der Waals surface area contributed by atoms with Crippen molar-refractivity contribution < 1.29 is 9.53 Å². The summed E-state index contributed by atoms with van der Waals surface area (Å²) in [5.41, 5.74) is 2.60. The number of rotatable bonds is 7. The van der Waals surface area contributed by atoms with Crippen LogP contribution in [0.15, 0.2) is 23.2 Å². The molecule has 1 saturated carbocycles. The van der Waals surface area contributed by atoms with Crippen molar-refractivity contribution in [3.8, 4) is 5.75 Å². The maximum atomic E-state index is 12.1. The lowest BCUT2D eigenvalue weighted by Crippen LogP contribution is -2.41. The molecule has 0 atom stereocenters. The Kier molecular flexibility index (Phi) is 9.87. The van der Waals surface area contributed by atoms with Crippen molar-refractivity contribution in [3.63, 3.8) is 0 Å². The molecule has 156 valence electrons. The Morgan fingerprint density at radius 2 is 1.96 bits per heavy atom. The number of benzene rings is 1. The zero-order chi connectivity index (χ0) is 18.9. The van der Waals surface area contributed by atoms with Crippen LogP contribution in [0.2, 0.25) is 0 Å². The first kappa shape index (κ1) is 22.8. The van der Waals surface area contributed by atoms with Crippen LogP contribution in [0, 0.1) is 0 Å². The summed E-state index contributed by atoms with van der Waals surface area (Å²) in [7, 11) is 1.75. The van der Waals surface area contributed by atoms with Crippen LogP contribution in [0.25, 0.3) is 0 Å². The second kappa shape index (κ2) is 12.1. The quantitative estimate of drug-likeness (QED) is 0.306. The largest absolute Gasteiger partial charge is 0.493 e. The Hall–Kier alpha value is -1.51. The van der Waals surface area contributed by atoms with Gasteiger partial charge in [0.2, 0.25) is 5.91 Å². The van der Waals surface area contributed by atoms with E-state index in [9.17, 15) is 4.79 Å². The third-order valence-electron chi connectivity index (χ3n) is 5.30. The van der Waals surface area contributed by atoms with Crippen molar-refractivity contribution in [1.29, 1.82) is 0 Å². The van der Waals surface area contributed by atoms with Crippen molar-refractivity contribution in [3.05, 3.63) is 29.3 Å². The summed E-state index contributed by atoms with van der Waals surface area (Å²) >= 11 is 0. The summed E-state index contributed by atoms with van der Waals surface area (Å²) in [5, 5.41) is 9.69. The first-order chi connectivity index (χ1) is 13.2. The molecule has 3 rings (SSSR count). The fourth-order valence-corrected chi connectivity index (χ4v) is 3.78. The summed E-state index contributed by atoms with van der Waals surface area (Å²) in [4.78, 5) is 16.3. The number of ether oxygens (including phenoxy) is 1. The molecule has 1 aliphatic heterocycles. The van der Waals surface area contributed by atoms with Gasteiger partial charge in [-0.3, -0.25) is 9.79 Å². The predicted octanol–water partition coefficient (Wildman–Crippen LogP) is 2.79. The van der Waals surface area contributed by atoms with Gasteiger partial charge in [0.05, 0.1) is 6.61 Å². The third-order valence-corrected chi connectivity index (χ3v) is 5.30. The van der Waals surface area contributed by atoms with Crippen LogP contribution in [-0.4, -0.2) is 44.7 Å². The van der Waals surface area contributed by atoms with Gasteiger partial charge in [-0.2, -0.15) is 0 Å². The fourth-order valence-electron chi connectivity index (χ4n) is 3.78. The maximum absolute atomic E-state index is 12.1. The molecule has 1 aliphatic carbocycles. The SMILES string of the molecule is CN=C(NCCC(=O)NC1CCCCC1)NCCc1ccc2c(c1)CCO2.I. The van der Waals surface area contributed by atoms with Gasteiger partial charge in [0, 0.05) is 39.0 Å². The van der Waals surface area contributed by atoms with Crippen molar-refractivity contribution in [2.75, 3.05) is 26.7 Å². The van der Waals surface area contributed by atoms with Gasteiger partial charge in [-0.25, -0.2) is 0 Å². The number of guanidine groups is 1. The highest BCUT2D eigenvalue weighted by molar-refractivity contribution is 14.0. The van der Waals surface area contributed by atoms with E-state index in [2.05, 4.69) is 39.1 Å². The van der Waals surface area contributed by atoms with E-state index in [-0.39, 0.29) is 29.9 Å². The molecule has 7 heteroatoms. The van der Waals surface area contributed by atoms with E-state index in [1.54, 1.807) is 7.05 Å². The van der Waals surface area contributed by atoms with E-state index in [0.717, 1.165) is 50.5 Å². The van der Waals surface area contributed by atoms with Crippen LogP contribution in [0.5, 0.6) is 5.75 Å². The molecule has 1 aromatic rings. The standard InChI is InChI=1S/C21H32N4O2.HI/c1-22-21(24-13-10-20(26)25-18-5-3-2-4-6-18)23-12-9-16-7-8-19-17(15-16)11-14-27-19;/h7-8,15,18H,2-6,9-14H2,1H3,(H,25,26)(H2,22,23,24);1H. The number of amides is 1. The second-order valence-electron chi connectivity index (χ2n) is 7.37. The number of nitrogens with one attached hydrogen (secondary N) is 3. The second-order valence-corrected chi connectivity index (χ2v) is 7.37. The first-order valence-electron chi connectivity index (χ1n) is 10.2. The molecule has 0 aromatic heterocycles. The maximum Gasteiger partial charge on any atom is 0.221 e. The fraction of sp³-hybridized carbons (Fsp3) is 0.619. The van der Waals surface area contributed by atoms with Crippen molar-refractivity contribution in [2.45, 2.75) is 57.4 Å². The minimum Gasteiger partial charge on any atom is -0.493 e. The van der Waals surface area contributed by atoms with Gasteiger partial charge in [0.15, 0.2) is 5.96 Å². The number of hydrogen-bond acceptors (Lipinski definition) is 3. The van der Waals surface area contributed by atoms with Crippen LogP contribution in [0.4, 0.5) is 0 Å². The monoisotopic (exact) mass is 500 g/mol. The zero-order valence-electron chi connectivity index (χ0n) is 16.8. The van der Waals surface area contributed by atoms with Gasteiger partial charge in [0.1, 0.15) is 5.75 Å². The van der Waals surface area contributed by atoms with Gasteiger partial charge in [-0.1, -0.05) is 31.4 Å². The Labute approximate surface area is 185 Å². The van der Waals surface area contributed by atoms with E-state index in [0.29, 0.717) is 19.0 Å². The molecule has 1 amide bonds. The Balaban J connectivity index is 0.00000280. The molecule has 1 fully saturated rings. The summed E-state index contributed by atoms with van der Waals surface area (Å²) in [6.07, 6.45) is 8.42. The summed E-state index contributed by atoms with van der Waals surface area (Å²) < 4.78 is 5.55. The van der Waals surface area contributed by atoms with E-state index in [4.69, 9.17) is 4.74 Å². The molecular formula is C21H33IN4O2. The molecule has 0 unspecified atom stereocenters. The van der Waals surface area contributed by atoms with Gasteiger partial charge in [-0.05, 0) is 36.5 Å². The van der Waals surface area contributed by atoms with Crippen molar-refractivity contribution in [1.82, 2.24) is 16.0 Å². The molecule has 1 aromatic carbocycles. The minimum atomic E-state index is 0. The van der Waals surface area contributed by atoms with E-state index in [1.165, 1.54) is 30.4 Å². The van der Waals surface area contributed by atoms with Gasteiger partial charge < -0.3 is 20.7 Å². The highest BCUT2D eigenvalue weighted by atomic mass is 127. The molecule has 28 heavy (non-hydrogen) atoms. The van der Waals surface area contributed by atoms with Gasteiger partial charge in [0.25, 0.3) is 0 Å². The average Bonchev–Trinajstić information content (AvgIpc) is 3.15. The summed E-state index contributed by atoms with van der Waals surface area (Å²) in [5.74, 6) is 1.89. The number of halogens is 1. The molecule has 2 aliphatic rings. The predicted molar refractivity (Wildman–Crippen MR) is 124 cm³/mol. The molecule has 0 saturated heterocycles. The number of carbonyl (C=O) groups is 1. The molecule has 6 nitrogen and oxygen atoms in total. The molecule has 0 bridgehead atoms. The molecule has 1 heterocycles. The smallest absolute Gasteiger partial charge is 0.221 e. The van der Waals surface area contributed by atoms with Crippen LogP contribution >= 0.6 is 24.0 Å². The third kappa shape index (κ3) is 7.14. The van der Waals surface area contributed by atoms with Crippen LogP contribution in [0.3, 0.4) is 0 Å². The lowest BCUT2D eigenvalue weighted by atomic mass is 9.95. The number of fused-ring (bicyclic) bond motifs is 1.